The van der Waals surface area contributed by atoms with Crippen molar-refractivity contribution in [1.29, 1.82) is 0 Å². The zero-order chi connectivity index (χ0) is 19.6. The Labute approximate surface area is 159 Å². The number of hydrogen-bond acceptors (Lipinski definition) is 5. The van der Waals surface area contributed by atoms with E-state index in [1.165, 1.54) is 0 Å². The van der Waals surface area contributed by atoms with Crippen LogP contribution in [0.1, 0.15) is 37.3 Å². The summed E-state index contributed by atoms with van der Waals surface area (Å²) in [5.41, 5.74) is 2.59. The van der Waals surface area contributed by atoms with Crippen LogP contribution < -0.4 is 24.3 Å². The number of amides is 1. The van der Waals surface area contributed by atoms with E-state index in [4.69, 9.17) is 18.9 Å². The van der Waals surface area contributed by atoms with Crippen LogP contribution in [0.25, 0.3) is 0 Å². The van der Waals surface area contributed by atoms with Crippen LogP contribution in [0, 0.1) is 0 Å². The van der Waals surface area contributed by atoms with Crippen LogP contribution in [0.5, 0.6) is 23.0 Å². The largest absolute Gasteiger partial charge is 0.497 e. The fourth-order valence-electron chi connectivity index (χ4n) is 3.38. The molecule has 2 aromatic carbocycles. The number of fused-ring (bicyclic) bond motifs is 1. The molecule has 0 fully saturated rings. The maximum absolute atomic E-state index is 12.3. The Hall–Kier alpha value is -2.89. The van der Waals surface area contributed by atoms with Crippen molar-refractivity contribution >= 4 is 11.6 Å². The van der Waals surface area contributed by atoms with Crippen molar-refractivity contribution in [3.63, 3.8) is 0 Å². The maximum atomic E-state index is 12.3. The van der Waals surface area contributed by atoms with E-state index in [-0.39, 0.29) is 17.9 Å². The molecular formula is C21H25NO5. The van der Waals surface area contributed by atoms with Gasteiger partial charge in [-0.2, -0.15) is 0 Å². The molecule has 144 valence electrons. The third-order valence-corrected chi connectivity index (χ3v) is 4.54. The Morgan fingerprint density at radius 1 is 0.963 bits per heavy atom. The minimum Gasteiger partial charge on any atom is -0.497 e. The van der Waals surface area contributed by atoms with E-state index in [1.807, 2.05) is 44.2 Å². The summed E-state index contributed by atoms with van der Waals surface area (Å²) < 4.78 is 22.2. The third kappa shape index (κ3) is 3.79. The molecule has 0 unspecified atom stereocenters. The van der Waals surface area contributed by atoms with Crippen LogP contribution in [-0.4, -0.2) is 33.3 Å². The first-order valence-corrected chi connectivity index (χ1v) is 8.87. The molecule has 1 aliphatic heterocycles. The highest BCUT2D eigenvalue weighted by Crippen LogP contribution is 2.46. The monoisotopic (exact) mass is 371 g/mol. The van der Waals surface area contributed by atoms with Gasteiger partial charge in [-0.15, -0.1) is 0 Å². The number of benzene rings is 2. The van der Waals surface area contributed by atoms with Gasteiger partial charge in [0, 0.05) is 30.0 Å². The Morgan fingerprint density at radius 2 is 1.70 bits per heavy atom. The molecule has 1 N–H and O–H groups in total. The van der Waals surface area contributed by atoms with Gasteiger partial charge >= 0.3 is 0 Å². The van der Waals surface area contributed by atoms with Gasteiger partial charge in [0.1, 0.15) is 11.5 Å². The van der Waals surface area contributed by atoms with Gasteiger partial charge in [0.05, 0.1) is 33.1 Å². The summed E-state index contributed by atoms with van der Waals surface area (Å²) in [6.07, 6.45) is 0.363. The molecule has 0 radical (unpaired) electrons. The van der Waals surface area contributed by atoms with Crippen molar-refractivity contribution in [3.05, 3.63) is 41.5 Å². The molecule has 27 heavy (non-hydrogen) atoms. The first kappa shape index (κ1) is 18.9. The molecule has 1 heterocycles. The molecule has 2 aromatic rings. The maximum Gasteiger partial charge on any atom is 0.225 e. The standard InChI is InChI=1S/C21H25NO5/c1-12(2)27-17-7-6-13(8-18(17)25-4)15-11-20(23)22-16-9-14(24-3)10-19(26-5)21(15)16/h6-10,12,15H,11H2,1-5H3,(H,22,23)/t15-/m1/s1. The molecule has 1 atom stereocenters. The van der Waals surface area contributed by atoms with Crippen molar-refractivity contribution < 1.29 is 23.7 Å². The van der Waals surface area contributed by atoms with Crippen LogP contribution in [0.2, 0.25) is 0 Å². The topological polar surface area (TPSA) is 66.0 Å². The predicted octanol–water partition coefficient (Wildman–Crippen LogP) is 3.97. The van der Waals surface area contributed by atoms with Gasteiger partial charge in [-0.25, -0.2) is 0 Å². The lowest BCUT2D eigenvalue weighted by molar-refractivity contribution is -0.116. The molecule has 0 saturated heterocycles. The molecular weight excluding hydrogens is 346 g/mol. The van der Waals surface area contributed by atoms with Gasteiger partial charge in [0.25, 0.3) is 0 Å². The highest BCUT2D eigenvalue weighted by atomic mass is 16.5. The second-order valence-corrected chi connectivity index (χ2v) is 6.67. The first-order valence-electron chi connectivity index (χ1n) is 8.87. The van der Waals surface area contributed by atoms with E-state index in [0.717, 1.165) is 11.1 Å². The van der Waals surface area contributed by atoms with E-state index in [9.17, 15) is 4.79 Å². The number of carbonyl (C=O) groups excluding carboxylic acids is 1. The lowest BCUT2D eigenvalue weighted by Crippen LogP contribution is -2.24. The first-order chi connectivity index (χ1) is 13.0. The van der Waals surface area contributed by atoms with Crippen molar-refractivity contribution in [2.45, 2.75) is 32.3 Å². The number of hydrogen-bond donors (Lipinski definition) is 1. The average Bonchev–Trinajstić information content (AvgIpc) is 2.66. The molecule has 6 nitrogen and oxygen atoms in total. The second-order valence-electron chi connectivity index (χ2n) is 6.67. The lowest BCUT2D eigenvalue weighted by atomic mass is 9.84. The van der Waals surface area contributed by atoms with Crippen LogP contribution in [0.15, 0.2) is 30.3 Å². The summed E-state index contributed by atoms with van der Waals surface area (Å²) in [4.78, 5) is 12.3. The summed E-state index contributed by atoms with van der Waals surface area (Å²) in [5, 5.41) is 2.92. The fourth-order valence-corrected chi connectivity index (χ4v) is 3.38. The number of carbonyl (C=O) groups is 1. The summed E-state index contributed by atoms with van der Waals surface area (Å²) in [7, 11) is 4.81. The van der Waals surface area contributed by atoms with Crippen LogP contribution in [0.3, 0.4) is 0 Å². The predicted molar refractivity (Wildman–Crippen MR) is 103 cm³/mol. The van der Waals surface area contributed by atoms with Crippen LogP contribution in [0.4, 0.5) is 5.69 Å². The van der Waals surface area contributed by atoms with Crippen molar-refractivity contribution in [2.24, 2.45) is 0 Å². The van der Waals surface area contributed by atoms with E-state index in [0.29, 0.717) is 35.1 Å². The van der Waals surface area contributed by atoms with Gasteiger partial charge in [0.2, 0.25) is 5.91 Å². The van der Waals surface area contributed by atoms with Gasteiger partial charge in [0.15, 0.2) is 11.5 Å². The van der Waals surface area contributed by atoms with Crippen molar-refractivity contribution in [3.8, 4) is 23.0 Å². The average molecular weight is 371 g/mol. The minimum absolute atomic E-state index is 0.0403. The number of rotatable bonds is 6. The van der Waals surface area contributed by atoms with E-state index >= 15 is 0 Å². The second kappa shape index (κ2) is 7.78. The smallest absolute Gasteiger partial charge is 0.225 e. The number of nitrogens with one attached hydrogen (secondary N) is 1. The zero-order valence-electron chi connectivity index (χ0n) is 16.3. The Morgan fingerprint density at radius 3 is 2.33 bits per heavy atom. The minimum atomic E-state index is -0.156. The molecule has 6 heteroatoms. The summed E-state index contributed by atoms with van der Waals surface area (Å²) in [5.74, 6) is 2.42. The molecule has 0 spiro atoms. The normalized spacial score (nSPS) is 15.8. The lowest BCUT2D eigenvalue weighted by Gasteiger charge is -2.28. The highest BCUT2D eigenvalue weighted by molar-refractivity contribution is 5.96. The summed E-state index contributed by atoms with van der Waals surface area (Å²) in [6.45, 7) is 3.93. The number of methoxy groups -OCH3 is 3. The van der Waals surface area contributed by atoms with Crippen molar-refractivity contribution in [2.75, 3.05) is 26.6 Å². The van der Waals surface area contributed by atoms with E-state index < -0.39 is 0 Å². The third-order valence-electron chi connectivity index (χ3n) is 4.54. The Kier molecular flexibility index (Phi) is 5.44. The molecule has 0 bridgehead atoms. The van der Waals surface area contributed by atoms with Crippen LogP contribution in [-0.2, 0) is 4.79 Å². The Bertz CT molecular complexity index is 847. The number of ether oxygens (including phenoxy) is 4. The van der Waals surface area contributed by atoms with Crippen LogP contribution >= 0.6 is 0 Å². The number of anilines is 1. The van der Waals surface area contributed by atoms with Gasteiger partial charge in [-0.05, 0) is 31.5 Å². The highest BCUT2D eigenvalue weighted by Gasteiger charge is 2.31. The van der Waals surface area contributed by atoms with Crippen molar-refractivity contribution in [1.82, 2.24) is 0 Å². The Balaban J connectivity index is 2.09. The molecule has 3 rings (SSSR count). The molecule has 0 aliphatic carbocycles. The van der Waals surface area contributed by atoms with Gasteiger partial charge in [-0.1, -0.05) is 6.07 Å². The fraction of sp³-hybridized carbons (Fsp3) is 0.381. The molecule has 0 aromatic heterocycles. The van der Waals surface area contributed by atoms with Gasteiger partial charge in [-0.3, -0.25) is 4.79 Å². The SMILES string of the molecule is COc1cc2c(c(OC)c1)[C@@H](c1ccc(OC(C)C)c(OC)c1)CC(=O)N2. The zero-order valence-corrected chi connectivity index (χ0v) is 16.3. The van der Waals surface area contributed by atoms with E-state index in [2.05, 4.69) is 5.32 Å². The quantitative estimate of drug-likeness (QED) is 0.832. The molecule has 1 aliphatic rings. The summed E-state index contributed by atoms with van der Waals surface area (Å²) >= 11 is 0. The molecule has 1 amide bonds. The van der Waals surface area contributed by atoms with E-state index in [1.54, 1.807) is 21.3 Å². The molecule has 0 saturated carbocycles. The summed E-state index contributed by atoms with van der Waals surface area (Å²) in [6, 6.07) is 9.42. The van der Waals surface area contributed by atoms with Gasteiger partial charge < -0.3 is 24.3 Å².